The summed E-state index contributed by atoms with van der Waals surface area (Å²) < 4.78 is 0. The minimum atomic E-state index is -0.0640. The zero-order valence-electron chi connectivity index (χ0n) is 7.78. The van der Waals surface area contributed by atoms with E-state index in [2.05, 4.69) is 15.8 Å². The van der Waals surface area contributed by atoms with Crippen LogP contribution in [-0.4, -0.2) is 11.2 Å². The molecule has 1 aromatic carbocycles. The molecule has 0 saturated carbocycles. The first kappa shape index (κ1) is 10.5. The second-order valence-electron chi connectivity index (χ2n) is 2.80. The Morgan fingerprint density at radius 2 is 2.07 bits per heavy atom. The van der Waals surface area contributed by atoms with Crippen LogP contribution < -0.4 is 10.8 Å². The molecule has 5 heteroatoms. The molecular weight excluding hydrogens is 184 g/mol. The van der Waals surface area contributed by atoms with Crippen LogP contribution in [0.1, 0.15) is 12.5 Å². The fourth-order valence-electron chi connectivity index (χ4n) is 0.970. The summed E-state index contributed by atoms with van der Waals surface area (Å²) in [6.45, 7) is 1.96. The first-order valence-corrected chi connectivity index (χ1v) is 4.12. The van der Waals surface area contributed by atoms with Gasteiger partial charge in [-0.25, -0.2) is 10.7 Å². The van der Waals surface area contributed by atoms with E-state index in [9.17, 15) is 4.79 Å². The van der Waals surface area contributed by atoms with Gasteiger partial charge in [0, 0.05) is 13.5 Å². The summed E-state index contributed by atoms with van der Waals surface area (Å²) in [5.74, 6) is -0.0640. The monoisotopic (exact) mass is 196 g/mol. The molecule has 0 aliphatic carbocycles. The van der Waals surface area contributed by atoms with Crippen molar-refractivity contribution in [2.45, 2.75) is 13.5 Å². The quantitative estimate of drug-likeness (QED) is 0.499. The van der Waals surface area contributed by atoms with Gasteiger partial charge in [-0.2, -0.15) is 0 Å². The highest BCUT2D eigenvalue weighted by atomic mass is 17.2. The molecule has 0 aromatic heterocycles. The van der Waals surface area contributed by atoms with E-state index in [1.807, 2.05) is 12.1 Å². The zero-order chi connectivity index (χ0) is 10.4. The number of carbonyl (C=O) groups excluding carboxylic acids is 1. The predicted molar refractivity (Wildman–Crippen MR) is 51.3 cm³/mol. The summed E-state index contributed by atoms with van der Waals surface area (Å²) in [5.41, 5.74) is 3.88. The molecule has 5 nitrogen and oxygen atoms in total. The van der Waals surface area contributed by atoms with Gasteiger partial charge in [-0.3, -0.25) is 4.79 Å². The molecule has 76 valence electrons. The summed E-state index contributed by atoms with van der Waals surface area (Å²) in [6.07, 6.45) is 0. The van der Waals surface area contributed by atoms with Crippen molar-refractivity contribution in [3.8, 4) is 0 Å². The fourth-order valence-corrected chi connectivity index (χ4v) is 0.970. The first-order chi connectivity index (χ1) is 6.72. The fraction of sp³-hybridized carbons (Fsp3) is 0.222. The molecule has 0 radical (unpaired) electrons. The Bertz CT molecular complexity index is 297. The molecule has 0 atom stereocenters. The molecule has 3 N–H and O–H groups in total. The van der Waals surface area contributed by atoms with Crippen LogP contribution in [0.2, 0.25) is 0 Å². The van der Waals surface area contributed by atoms with Crippen molar-refractivity contribution in [1.29, 1.82) is 0 Å². The van der Waals surface area contributed by atoms with Crippen molar-refractivity contribution in [2.75, 3.05) is 5.48 Å². The molecule has 1 rings (SSSR count). The Labute approximate surface area is 81.6 Å². The van der Waals surface area contributed by atoms with Crippen molar-refractivity contribution < 1.29 is 15.0 Å². The van der Waals surface area contributed by atoms with Gasteiger partial charge < -0.3 is 5.32 Å². The smallest absolute Gasteiger partial charge is 0.217 e. The Kier molecular flexibility index (Phi) is 3.90. The van der Waals surface area contributed by atoms with E-state index in [0.29, 0.717) is 12.2 Å². The summed E-state index contributed by atoms with van der Waals surface area (Å²) in [7, 11) is 0. The van der Waals surface area contributed by atoms with Gasteiger partial charge in [-0.05, 0) is 17.7 Å². The lowest BCUT2D eigenvalue weighted by atomic mass is 10.2. The molecule has 0 aliphatic heterocycles. The Hall–Kier alpha value is -1.59. The van der Waals surface area contributed by atoms with E-state index in [1.54, 1.807) is 12.1 Å². The van der Waals surface area contributed by atoms with Crippen LogP contribution in [0.5, 0.6) is 0 Å². The number of nitrogens with one attached hydrogen (secondary N) is 2. The van der Waals surface area contributed by atoms with Gasteiger partial charge in [-0.15, -0.1) is 4.99 Å². The molecule has 0 fully saturated rings. The molecule has 0 spiro atoms. The van der Waals surface area contributed by atoms with Gasteiger partial charge in [0.1, 0.15) is 0 Å². The van der Waals surface area contributed by atoms with Crippen molar-refractivity contribution in [2.24, 2.45) is 0 Å². The van der Waals surface area contributed by atoms with Crippen LogP contribution in [0.4, 0.5) is 5.69 Å². The van der Waals surface area contributed by atoms with Crippen LogP contribution in [0, 0.1) is 0 Å². The highest BCUT2D eigenvalue weighted by Gasteiger charge is 1.95. The Morgan fingerprint density at radius 3 is 2.57 bits per heavy atom. The van der Waals surface area contributed by atoms with Gasteiger partial charge >= 0.3 is 0 Å². The van der Waals surface area contributed by atoms with E-state index < -0.39 is 0 Å². The summed E-state index contributed by atoms with van der Waals surface area (Å²) in [6, 6.07) is 7.09. The van der Waals surface area contributed by atoms with Crippen LogP contribution >= 0.6 is 0 Å². The number of amides is 1. The average Bonchev–Trinajstić information content (AvgIpc) is 2.17. The van der Waals surface area contributed by atoms with Gasteiger partial charge in [0.2, 0.25) is 5.91 Å². The third-order valence-electron chi connectivity index (χ3n) is 1.66. The summed E-state index contributed by atoms with van der Waals surface area (Å²) >= 11 is 0. The number of carbonyl (C=O) groups is 1. The largest absolute Gasteiger partial charge is 0.352 e. The van der Waals surface area contributed by atoms with Gasteiger partial charge in [0.15, 0.2) is 0 Å². The third kappa shape index (κ3) is 3.42. The summed E-state index contributed by atoms with van der Waals surface area (Å²) in [4.78, 5) is 14.4. The first-order valence-electron chi connectivity index (χ1n) is 4.12. The molecule has 0 saturated heterocycles. The number of benzene rings is 1. The van der Waals surface area contributed by atoms with Crippen LogP contribution in [-0.2, 0) is 16.3 Å². The maximum Gasteiger partial charge on any atom is 0.217 e. The van der Waals surface area contributed by atoms with Crippen molar-refractivity contribution in [3.05, 3.63) is 29.8 Å². The Balaban J connectivity index is 2.50. The molecule has 0 aliphatic rings. The lowest BCUT2D eigenvalue weighted by Crippen LogP contribution is -2.18. The predicted octanol–water partition coefficient (Wildman–Crippen LogP) is 1.14. The van der Waals surface area contributed by atoms with E-state index in [-0.39, 0.29) is 5.91 Å². The highest BCUT2D eigenvalue weighted by molar-refractivity contribution is 5.72. The highest BCUT2D eigenvalue weighted by Crippen LogP contribution is 2.08. The minimum Gasteiger partial charge on any atom is -0.352 e. The van der Waals surface area contributed by atoms with E-state index >= 15 is 0 Å². The maximum atomic E-state index is 10.6. The molecule has 1 amide bonds. The van der Waals surface area contributed by atoms with Gasteiger partial charge in [-0.1, -0.05) is 12.1 Å². The lowest BCUT2D eigenvalue weighted by molar-refractivity contribution is -0.215. The number of hydrogen-bond donors (Lipinski definition) is 3. The van der Waals surface area contributed by atoms with Crippen molar-refractivity contribution >= 4 is 11.6 Å². The van der Waals surface area contributed by atoms with Crippen molar-refractivity contribution in [1.82, 2.24) is 5.32 Å². The topological polar surface area (TPSA) is 70.6 Å². The minimum absolute atomic E-state index is 0.0640. The molecule has 0 unspecified atom stereocenters. The van der Waals surface area contributed by atoms with Crippen LogP contribution in [0.25, 0.3) is 0 Å². The van der Waals surface area contributed by atoms with E-state index in [1.165, 1.54) is 6.92 Å². The lowest BCUT2D eigenvalue weighted by Gasteiger charge is -2.04. The van der Waals surface area contributed by atoms with Crippen LogP contribution in [0.15, 0.2) is 24.3 Å². The van der Waals surface area contributed by atoms with E-state index in [0.717, 1.165) is 5.56 Å². The standard InChI is InChI=1S/C9H12N2O3/c1-7(12)10-6-8-2-4-9(5-3-8)11-14-13/h2-5,11,13H,6H2,1H3,(H,10,12). The normalized spacial score (nSPS) is 9.57. The molecule has 14 heavy (non-hydrogen) atoms. The molecule has 0 heterocycles. The number of rotatable bonds is 4. The average molecular weight is 196 g/mol. The van der Waals surface area contributed by atoms with Gasteiger partial charge in [0.05, 0.1) is 5.69 Å². The second-order valence-corrected chi connectivity index (χ2v) is 2.80. The SMILES string of the molecule is CC(=O)NCc1ccc(NOO)cc1. The maximum absolute atomic E-state index is 10.6. The van der Waals surface area contributed by atoms with Crippen LogP contribution in [0.3, 0.4) is 0 Å². The van der Waals surface area contributed by atoms with E-state index in [4.69, 9.17) is 5.26 Å². The van der Waals surface area contributed by atoms with Gasteiger partial charge in [0.25, 0.3) is 0 Å². The molecule has 0 bridgehead atoms. The molecule has 1 aromatic rings. The molecular formula is C9H12N2O3. The second kappa shape index (κ2) is 5.21. The summed E-state index contributed by atoms with van der Waals surface area (Å²) in [5, 5.41) is 10.8. The Morgan fingerprint density at radius 1 is 1.43 bits per heavy atom. The number of anilines is 1. The third-order valence-corrected chi connectivity index (χ3v) is 1.66. The zero-order valence-corrected chi connectivity index (χ0v) is 7.78. The van der Waals surface area contributed by atoms with Crippen molar-refractivity contribution in [3.63, 3.8) is 0 Å². The number of hydrogen-bond acceptors (Lipinski definition) is 4.